The van der Waals surface area contributed by atoms with Gasteiger partial charge in [0.15, 0.2) is 0 Å². The van der Waals surface area contributed by atoms with Gasteiger partial charge in [0.05, 0.1) is 0 Å². The highest BCUT2D eigenvalue weighted by Gasteiger charge is 2.05. The highest BCUT2D eigenvalue weighted by molar-refractivity contribution is 5.93. The Labute approximate surface area is 109 Å². The van der Waals surface area contributed by atoms with Crippen molar-refractivity contribution in [1.82, 2.24) is 10.3 Å². The van der Waals surface area contributed by atoms with E-state index in [9.17, 15) is 4.79 Å². The van der Waals surface area contributed by atoms with Gasteiger partial charge in [-0.1, -0.05) is 26.0 Å². The summed E-state index contributed by atoms with van der Waals surface area (Å²) in [4.78, 5) is 13.6. The molecule has 1 aromatic carbocycles. The molecule has 0 saturated heterocycles. The van der Waals surface area contributed by atoms with Gasteiger partial charge >= 0.3 is 0 Å². The second kappa shape index (κ2) is 7.13. The first-order valence-corrected chi connectivity index (χ1v) is 6.31. The van der Waals surface area contributed by atoms with Crippen molar-refractivity contribution in [3.8, 4) is 0 Å². The molecular formula is C14H23N3O. The van der Waals surface area contributed by atoms with Gasteiger partial charge in [0.25, 0.3) is 5.91 Å². The smallest absolute Gasteiger partial charge is 0.265 e. The third-order valence-corrected chi connectivity index (χ3v) is 2.89. The Morgan fingerprint density at radius 1 is 1.33 bits per heavy atom. The predicted molar refractivity (Wildman–Crippen MR) is 73.9 cm³/mol. The average molecular weight is 249 g/mol. The second-order valence-corrected chi connectivity index (χ2v) is 5.09. The largest absolute Gasteiger partial charge is 0.302 e. The first-order valence-electron chi connectivity index (χ1n) is 6.31. The highest BCUT2D eigenvalue weighted by Crippen LogP contribution is 2.08. The minimum absolute atomic E-state index is 0.255. The number of benzene rings is 1. The van der Waals surface area contributed by atoms with Gasteiger partial charge in [-0.3, -0.25) is 10.2 Å². The molecule has 100 valence electrons. The lowest BCUT2D eigenvalue weighted by molar-refractivity contribution is 0.0953. The third-order valence-electron chi connectivity index (χ3n) is 2.89. The van der Waals surface area contributed by atoms with Crippen LogP contribution in [0.15, 0.2) is 24.3 Å². The summed E-state index contributed by atoms with van der Waals surface area (Å²) < 4.78 is 0. The molecule has 0 aliphatic carbocycles. The van der Waals surface area contributed by atoms with E-state index >= 15 is 0 Å². The molecule has 0 atom stereocenters. The van der Waals surface area contributed by atoms with Crippen LogP contribution in [0.5, 0.6) is 0 Å². The van der Waals surface area contributed by atoms with Crippen LogP contribution in [0.2, 0.25) is 0 Å². The summed E-state index contributed by atoms with van der Waals surface area (Å²) in [5, 5.41) is 0. The molecule has 18 heavy (non-hydrogen) atoms. The van der Waals surface area contributed by atoms with E-state index < -0.39 is 0 Å². The van der Waals surface area contributed by atoms with E-state index in [0.717, 1.165) is 19.0 Å². The van der Waals surface area contributed by atoms with Crippen molar-refractivity contribution >= 4 is 5.91 Å². The van der Waals surface area contributed by atoms with Crippen LogP contribution in [0, 0.1) is 5.92 Å². The van der Waals surface area contributed by atoms with E-state index in [-0.39, 0.29) is 5.91 Å². The van der Waals surface area contributed by atoms with Crippen LogP contribution in [0.3, 0.4) is 0 Å². The van der Waals surface area contributed by atoms with Crippen LogP contribution in [0.1, 0.15) is 36.2 Å². The number of carbonyl (C=O) groups is 1. The quantitative estimate of drug-likeness (QED) is 0.459. The molecule has 4 heteroatoms. The molecule has 0 heterocycles. The molecule has 3 N–H and O–H groups in total. The highest BCUT2D eigenvalue weighted by atomic mass is 16.2. The summed E-state index contributed by atoms with van der Waals surface area (Å²) in [6.07, 6.45) is 1.20. The first-order chi connectivity index (χ1) is 8.52. The molecule has 0 spiro atoms. The average Bonchev–Trinajstić information content (AvgIpc) is 2.36. The van der Waals surface area contributed by atoms with Crippen molar-refractivity contribution in [1.29, 1.82) is 0 Å². The fraction of sp³-hybridized carbons (Fsp3) is 0.500. The van der Waals surface area contributed by atoms with Crippen LogP contribution in [0.4, 0.5) is 0 Å². The lowest BCUT2D eigenvalue weighted by atomic mass is 10.1. The fourth-order valence-corrected chi connectivity index (χ4v) is 1.71. The Hall–Kier alpha value is -1.39. The summed E-state index contributed by atoms with van der Waals surface area (Å²) >= 11 is 0. The van der Waals surface area contributed by atoms with E-state index in [2.05, 4.69) is 31.2 Å². The number of nitrogens with zero attached hydrogens (tertiary/aromatic N) is 1. The number of nitrogens with two attached hydrogens (primary N) is 1. The lowest BCUT2D eigenvalue weighted by Gasteiger charge is -2.18. The fourth-order valence-electron chi connectivity index (χ4n) is 1.71. The van der Waals surface area contributed by atoms with Gasteiger partial charge in [-0.15, -0.1) is 0 Å². The zero-order chi connectivity index (χ0) is 13.5. The van der Waals surface area contributed by atoms with Gasteiger partial charge < -0.3 is 4.90 Å². The van der Waals surface area contributed by atoms with Crippen LogP contribution in [0.25, 0.3) is 0 Å². The lowest BCUT2D eigenvalue weighted by Crippen LogP contribution is -2.29. The maximum atomic E-state index is 11.3. The van der Waals surface area contributed by atoms with Crippen LogP contribution in [-0.4, -0.2) is 24.4 Å². The Morgan fingerprint density at radius 2 is 1.94 bits per heavy atom. The Morgan fingerprint density at radius 3 is 2.44 bits per heavy atom. The van der Waals surface area contributed by atoms with E-state index in [1.165, 1.54) is 12.0 Å². The molecule has 0 aliphatic heterocycles. The molecule has 0 aromatic heterocycles. The standard InChI is InChI=1S/C14H23N3O/c1-11(2)8-9-17(3)10-12-4-6-13(7-5-12)14(18)16-15/h4-7,11H,8-10,15H2,1-3H3,(H,16,18). The molecule has 1 aromatic rings. The van der Waals surface area contributed by atoms with Crippen molar-refractivity contribution < 1.29 is 4.79 Å². The molecule has 0 aliphatic rings. The number of carbonyl (C=O) groups excluding carboxylic acids is 1. The van der Waals surface area contributed by atoms with E-state index in [1.807, 2.05) is 12.1 Å². The SMILES string of the molecule is CC(C)CCN(C)Cc1ccc(C(=O)NN)cc1. The van der Waals surface area contributed by atoms with Crippen LogP contribution < -0.4 is 11.3 Å². The Kier molecular flexibility index (Phi) is 5.82. The van der Waals surface area contributed by atoms with Gasteiger partial charge in [0.2, 0.25) is 0 Å². The van der Waals surface area contributed by atoms with E-state index in [1.54, 1.807) is 12.1 Å². The molecule has 4 nitrogen and oxygen atoms in total. The second-order valence-electron chi connectivity index (χ2n) is 5.09. The van der Waals surface area contributed by atoms with Crippen molar-refractivity contribution in [2.45, 2.75) is 26.8 Å². The van der Waals surface area contributed by atoms with Crippen molar-refractivity contribution in [2.24, 2.45) is 11.8 Å². The number of hydrogen-bond donors (Lipinski definition) is 2. The number of amides is 1. The molecule has 1 amide bonds. The normalized spacial score (nSPS) is 11.0. The number of nitrogens with one attached hydrogen (secondary N) is 1. The maximum absolute atomic E-state index is 11.3. The molecule has 0 radical (unpaired) electrons. The minimum Gasteiger partial charge on any atom is -0.302 e. The van der Waals surface area contributed by atoms with Gasteiger partial charge in [0.1, 0.15) is 0 Å². The number of rotatable bonds is 6. The van der Waals surface area contributed by atoms with Crippen LogP contribution in [-0.2, 0) is 6.54 Å². The molecule has 1 rings (SSSR count). The van der Waals surface area contributed by atoms with Gasteiger partial charge in [-0.2, -0.15) is 0 Å². The molecular weight excluding hydrogens is 226 g/mol. The first kappa shape index (κ1) is 14.7. The van der Waals surface area contributed by atoms with Crippen molar-refractivity contribution in [3.05, 3.63) is 35.4 Å². The number of hydrazine groups is 1. The topological polar surface area (TPSA) is 58.4 Å². The zero-order valence-corrected chi connectivity index (χ0v) is 11.4. The minimum atomic E-state index is -0.255. The Balaban J connectivity index is 2.50. The summed E-state index contributed by atoms with van der Waals surface area (Å²) in [5.74, 6) is 5.55. The van der Waals surface area contributed by atoms with E-state index in [0.29, 0.717) is 5.56 Å². The predicted octanol–water partition coefficient (Wildman–Crippen LogP) is 1.77. The maximum Gasteiger partial charge on any atom is 0.265 e. The number of nitrogen functional groups attached to an aromatic ring is 1. The zero-order valence-electron chi connectivity index (χ0n) is 11.4. The summed E-state index contributed by atoms with van der Waals surface area (Å²) in [6, 6.07) is 7.54. The monoisotopic (exact) mass is 249 g/mol. The third kappa shape index (κ3) is 4.85. The molecule has 0 fully saturated rings. The van der Waals surface area contributed by atoms with Gasteiger partial charge in [0, 0.05) is 12.1 Å². The summed E-state index contributed by atoms with van der Waals surface area (Å²) in [7, 11) is 2.11. The molecule has 0 saturated carbocycles. The van der Waals surface area contributed by atoms with Gasteiger partial charge in [-0.05, 0) is 43.6 Å². The molecule has 0 bridgehead atoms. The Bertz CT molecular complexity index is 373. The van der Waals surface area contributed by atoms with E-state index in [4.69, 9.17) is 5.84 Å². The summed E-state index contributed by atoms with van der Waals surface area (Å²) in [6.45, 7) is 6.45. The van der Waals surface area contributed by atoms with Crippen molar-refractivity contribution in [3.63, 3.8) is 0 Å². The summed E-state index contributed by atoms with van der Waals surface area (Å²) in [5.41, 5.74) is 3.92. The molecule has 0 unspecified atom stereocenters. The van der Waals surface area contributed by atoms with Crippen LogP contribution >= 0.6 is 0 Å². The number of hydrogen-bond acceptors (Lipinski definition) is 3. The van der Waals surface area contributed by atoms with Gasteiger partial charge in [-0.25, -0.2) is 5.84 Å². The van der Waals surface area contributed by atoms with Crippen molar-refractivity contribution in [2.75, 3.05) is 13.6 Å².